The fraction of sp³-hybridized carbons (Fsp3) is 0.375. The number of halogens is 1. The summed E-state index contributed by atoms with van der Waals surface area (Å²) < 4.78 is 5.32. The second kappa shape index (κ2) is 7.27. The smallest absolute Gasteiger partial charge is 0.124 e. The molecule has 114 valence electrons. The van der Waals surface area contributed by atoms with Gasteiger partial charge in [-0.05, 0) is 29.5 Å². The van der Waals surface area contributed by atoms with Crippen molar-refractivity contribution >= 4 is 23.7 Å². The number of para-hydroxylation sites is 1. The monoisotopic (exact) mass is 325 g/mol. The molecule has 0 saturated heterocycles. The zero-order chi connectivity index (χ0) is 13.9. The number of methoxy groups -OCH3 is 1. The van der Waals surface area contributed by atoms with Crippen molar-refractivity contribution in [1.82, 2.24) is 4.90 Å². The first kappa shape index (κ1) is 16.3. The molecule has 0 fully saturated rings. The molecule has 2 heterocycles. The van der Waals surface area contributed by atoms with Crippen LogP contribution in [0.15, 0.2) is 35.7 Å². The second-order valence-corrected chi connectivity index (χ2v) is 6.11. The molecule has 1 aromatic carbocycles. The Hall–Kier alpha value is -1.07. The first-order valence-corrected chi connectivity index (χ1v) is 7.74. The van der Waals surface area contributed by atoms with Crippen LogP contribution in [-0.4, -0.2) is 30.2 Å². The van der Waals surface area contributed by atoms with Crippen molar-refractivity contribution < 1.29 is 9.84 Å². The summed E-state index contributed by atoms with van der Waals surface area (Å²) in [6, 6.07) is 9.89. The van der Waals surface area contributed by atoms with Crippen LogP contribution in [0.4, 0.5) is 0 Å². The van der Waals surface area contributed by atoms with E-state index in [1.165, 1.54) is 10.4 Å². The fourth-order valence-corrected chi connectivity index (χ4v) is 3.64. The Bertz CT molecular complexity index is 587. The molecule has 0 bridgehead atoms. The number of nitrogens with zero attached hydrogens (tertiary/aromatic N) is 1. The molecular weight excluding hydrogens is 306 g/mol. The predicted molar refractivity (Wildman–Crippen MR) is 88.5 cm³/mol. The van der Waals surface area contributed by atoms with Gasteiger partial charge >= 0.3 is 0 Å². The number of fused-ring (bicyclic) bond motifs is 1. The van der Waals surface area contributed by atoms with Crippen LogP contribution in [0.3, 0.4) is 0 Å². The molecule has 1 N–H and O–H groups in total. The number of aliphatic hydroxyl groups excluding tert-OH is 1. The average molecular weight is 326 g/mol. The van der Waals surface area contributed by atoms with Gasteiger partial charge in [0.15, 0.2) is 0 Å². The molecule has 0 amide bonds. The third-order valence-corrected chi connectivity index (χ3v) is 4.84. The Kier molecular flexibility index (Phi) is 5.65. The summed E-state index contributed by atoms with van der Waals surface area (Å²) in [7, 11) is 1.64. The summed E-state index contributed by atoms with van der Waals surface area (Å²) in [5.74, 6) is 0.758. The summed E-state index contributed by atoms with van der Waals surface area (Å²) in [5.41, 5.74) is 2.28. The van der Waals surface area contributed by atoms with E-state index in [9.17, 15) is 5.11 Å². The number of aliphatic hydroxyl groups is 1. The van der Waals surface area contributed by atoms with Crippen molar-refractivity contribution in [2.75, 3.05) is 20.2 Å². The van der Waals surface area contributed by atoms with Gasteiger partial charge < -0.3 is 9.84 Å². The number of thiophene rings is 1. The Morgan fingerprint density at radius 3 is 2.95 bits per heavy atom. The van der Waals surface area contributed by atoms with Gasteiger partial charge in [0, 0.05) is 30.1 Å². The van der Waals surface area contributed by atoms with Crippen LogP contribution >= 0.6 is 23.7 Å². The van der Waals surface area contributed by atoms with Gasteiger partial charge in [-0.3, -0.25) is 4.90 Å². The van der Waals surface area contributed by atoms with E-state index in [1.54, 1.807) is 7.11 Å². The first-order chi connectivity index (χ1) is 9.78. The fourth-order valence-electron chi connectivity index (χ4n) is 2.75. The average Bonchev–Trinajstić information content (AvgIpc) is 2.94. The lowest BCUT2D eigenvalue weighted by molar-refractivity contribution is 0.104. The standard InChI is InChI=1S/C16H19NO2S.ClH/c1-19-15-5-3-2-4-13(15)14(18)11-17-8-6-16-12(10-17)7-9-20-16;/h2-5,7,9,14,18H,6,8,10-11H2,1H3;1H. The molecule has 21 heavy (non-hydrogen) atoms. The van der Waals surface area contributed by atoms with Gasteiger partial charge in [0.2, 0.25) is 0 Å². The highest BCUT2D eigenvalue weighted by Crippen LogP contribution is 2.28. The van der Waals surface area contributed by atoms with E-state index < -0.39 is 6.10 Å². The minimum Gasteiger partial charge on any atom is -0.496 e. The van der Waals surface area contributed by atoms with Gasteiger partial charge in [-0.2, -0.15) is 0 Å². The van der Waals surface area contributed by atoms with E-state index in [2.05, 4.69) is 16.3 Å². The predicted octanol–water partition coefficient (Wildman–Crippen LogP) is 3.27. The molecule has 3 rings (SSSR count). The molecule has 1 aromatic heterocycles. The first-order valence-electron chi connectivity index (χ1n) is 6.86. The summed E-state index contributed by atoms with van der Waals surface area (Å²) >= 11 is 1.84. The van der Waals surface area contributed by atoms with Crippen molar-refractivity contribution in [2.24, 2.45) is 0 Å². The molecule has 1 aliphatic heterocycles. The summed E-state index contributed by atoms with van der Waals surface area (Å²) in [6.45, 7) is 2.60. The normalized spacial score (nSPS) is 15.9. The SMILES string of the molecule is COc1ccccc1C(O)CN1CCc2sccc2C1.Cl. The minimum atomic E-state index is -0.508. The van der Waals surface area contributed by atoms with Gasteiger partial charge in [-0.1, -0.05) is 18.2 Å². The van der Waals surface area contributed by atoms with Crippen molar-refractivity contribution in [3.63, 3.8) is 0 Å². The van der Waals surface area contributed by atoms with Crippen LogP contribution in [-0.2, 0) is 13.0 Å². The van der Waals surface area contributed by atoms with E-state index >= 15 is 0 Å². The van der Waals surface area contributed by atoms with E-state index in [4.69, 9.17) is 4.74 Å². The van der Waals surface area contributed by atoms with Crippen LogP contribution in [0.2, 0.25) is 0 Å². The zero-order valence-electron chi connectivity index (χ0n) is 12.0. The highest BCUT2D eigenvalue weighted by molar-refractivity contribution is 7.10. The lowest BCUT2D eigenvalue weighted by Gasteiger charge is -2.29. The third-order valence-electron chi connectivity index (χ3n) is 3.82. The number of hydrogen-bond donors (Lipinski definition) is 1. The van der Waals surface area contributed by atoms with Crippen LogP contribution in [0, 0.1) is 0 Å². The van der Waals surface area contributed by atoms with E-state index in [1.807, 2.05) is 35.6 Å². The maximum atomic E-state index is 10.5. The molecule has 2 aromatic rings. The molecule has 5 heteroatoms. The number of benzene rings is 1. The molecule has 1 unspecified atom stereocenters. The highest BCUT2D eigenvalue weighted by atomic mass is 35.5. The summed E-state index contributed by atoms with van der Waals surface area (Å²) in [4.78, 5) is 3.81. The van der Waals surface area contributed by atoms with Gasteiger partial charge in [0.05, 0.1) is 13.2 Å². The molecule has 0 saturated carbocycles. The molecule has 1 aliphatic rings. The molecule has 3 nitrogen and oxygen atoms in total. The van der Waals surface area contributed by atoms with Gasteiger partial charge in [0.1, 0.15) is 5.75 Å². The van der Waals surface area contributed by atoms with E-state index in [0.29, 0.717) is 6.54 Å². The van der Waals surface area contributed by atoms with Gasteiger partial charge in [0.25, 0.3) is 0 Å². The summed E-state index contributed by atoms with van der Waals surface area (Å²) in [6.07, 6.45) is 0.581. The quantitative estimate of drug-likeness (QED) is 0.936. The van der Waals surface area contributed by atoms with Crippen LogP contribution in [0.1, 0.15) is 22.1 Å². The van der Waals surface area contributed by atoms with Crippen molar-refractivity contribution in [1.29, 1.82) is 0 Å². The lowest BCUT2D eigenvalue weighted by atomic mass is 10.1. The van der Waals surface area contributed by atoms with Crippen molar-refractivity contribution in [3.8, 4) is 5.75 Å². The van der Waals surface area contributed by atoms with Crippen LogP contribution < -0.4 is 4.74 Å². The summed E-state index contributed by atoms with van der Waals surface area (Å²) in [5, 5.41) is 12.6. The van der Waals surface area contributed by atoms with E-state index in [0.717, 1.165) is 30.8 Å². The zero-order valence-corrected chi connectivity index (χ0v) is 13.6. The number of rotatable bonds is 4. The molecule has 0 radical (unpaired) electrons. The molecular formula is C16H20ClNO2S. The topological polar surface area (TPSA) is 32.7 Å². The lowest BCUT2D eigenvalue weighted by Crippen LogP contribution is -2.33. The van der Waals surface area contributed by atoms with Crippen LogP contribution in [0.25, 0.3) is 0 Å². The van der Waals surface area contributed by atoms with Crippen molar-refractivity contribution in [2.45, 2.75) is 19.1 Å². The Morgan fingerprint density at radius 2 is 2.14 bits per heavy atom. The molecule has 0 spiro atoms. The highest BCUT2D eigenvalue weighted by Gasteiger charge is 2.21. The largest absolute Gasteiger partial charge is 0.496 e. The Morgan fingerprint density at radius 1 is 1.33 bits per heavy atom. The molecule has 0 aliphatic carbocycles. The number of ether oxygens (including phenoxy) is 1. The maximum absolute atomic E-state index is 10.5. The number of hydrogen-bond acceptors (Lipinski definition) is 4. The second-order valence-electron chi connectivity index (χ2n) is 5.11. The third kappa shape index (κ3) is 3.58. The minimum absolute atomic E-state index is 0. The van der Waals surface area contributed by atoms with Gasteiger partial charge in [-0.15, -0.1) is 23.7 Å². The van der Waals surface area contributed by atoms with Gasteiger partial charge in [-0.25, -0.2) is 0 Å². The molecule has 1 atom stereocenters. The van der Waals surface area contributed by atoms with Crippen molar-refractivity contribution in [3.05, 3.63) is 51.7 Å². The van der Waals surface area contributed by atoms with Crippen LogP contribution in [0.5, 0.6) is 5.75 Å². The Labute approximate surface area is 135 Å². The Balaban J connectivity index is 0.00000161. The number of β-amino-alcohol motifs (C(OH)–C–C–N with tert-alkyl or cyclic N) is 1. The maximum Gasteiger partial charge on any atom is 0.124 e. The van der Waals surface area contributed by atoms with E-state index in [-0.39, 0.29) is 12.4 Å².